The first-order chi connectivity index (χ1) is 13.7. The molecule has 1 aliphatic heterocycles. The van der Waals surface area contributed by atoms with E-state index >= 15 is 0 Å². The predicted octanol–water partition coefficient (Wildman–Crippen LogP) is 2.48. The van der Waals surface area contributed by atoms with Gasteiger partial charge in [0.25, 0.3) is 0 Å². The number of ether oxygens (including phenoxy) is 3. The van der Waals surface area contributed by atoms with E-state index in [1.807, 2.05) is 24.4 Å². The number of piperidine rings is 1. The van der Waals surface area contributed by atoms with Crippen LogP contribution in [0.25, 0.3) is 11.3 Å². The van der Waals surface area contributed by atoms with Crippen LogP contribution in [0, 0.1) is 0 Å². The van der Waals surface area contributed by atoms with Crippen LogP contribution < -0.4 is 19.5 Å². The highest BCUT2D eigenvalue weighted by Crippen LogP contribution is 2.40. The highest BCUT2D eigenvalue weighted by atomic mass is 16.5. The molecule has 1 aromatic heterocycles. The van der Waals surface area contributed by atoms with Gasteiger partial charge in [0.05, 0.1) is 27.0 Å². The number of amides is 1. The minimum atomic E-state index is 0.293. The summed E-state index contributed by atoms with van der Waals surface area (Å²) in [7, 11) is 4.80. The van der Waals surface area contributed by atoms with Crippen molar-refractivity contribution in [3.8, 4) is 28.5 Å². The number of carbonyl (C=O) groups is 1. The number of nitrogens with zero attached hydrogens (tertiary/aromatic N) is 2. The fraction of sp³-hybridized carbons (Fsp3) is 0.429. The Balaban J connectivity index is 1.77. The molecule has 7 heteroatoms. The van der Waals surface area contributed by atoms with Gasteiger partial charge in [0.2, 0.25) is 12.2 Å². The topological polar surface area (TPSA) is 72.9 Å². The van der Waals surface area contributed by atoms with Crippen molar-refractivity contribution >= 4 is 6.41 Å². The maximum Gasteiger partial charge on any atom is 0.207 e. The van der Waals surface area contributed by atoms with Crippen LogP contribution in [0.4, 0.5) is 0 Å². The standard InChI is InChI=1S/C21H27N3O4/c1-26-19-11-16(12-20(27-2)21(19)28-3)18-10-15(4-7-22-18)13-24-8-5-17(6-9-24)23-14-25/h4,7,10-12,14,17H,5-6,8-9,13H2,1-3H3,(H,23,25). The Morgan fingerprint density at radius 3 is 2.36 bits per heavy atom. The molecule has 0 unspecified atom stereocenters. The summed E-state index contributed by atoms with van der Waals surface area (Å²) < 4.78 is 16.3. The molecule has 1 amide bonds. The van der Waals surface area contributed by atoms with E-state index in [0.29, 0.717) is 23.3 Å². The molecule has 0 radical (unpaired) electrons. The molecule has 0 aliphatic carbocycles. The van der Waals surface area contributed by atoms with Crippen molar-refractivity contribution < 1.29 is 19.0 Å². The molecule has 1 fully saturated rings. The Morgan fingerprint density at radius 1 is 1.11 bits per heavy atom. The zero-order chi connectivity index (χ0) is 19.9. The molecule has 1 aliphatic rings. The molecule has 2 heterocycles. The summed E-state index contributed by atoms with van der Waals surface area (Å²) in [5.74, 6) is 1.78. The SMILES string of the molecule is COc1cc(-c2cc(CN3CCC(NC=O)CC3)ccn2)cc(OC)c1OC. The summed E-state index contributed by atoms with van der Waals surface area (Å²) in [6.07, 6.45) is 4.58. The van der Waals surface area contributed by atoms with Crippen molar-refractivity contribution in [1.82, 2.24) is 15.2 Å². The van der Waals surface area contributed by atoms with Crippen LogP contribution in [0.1, 0.15) is 18.4 Å². The summed E-state index contributed by atoms with van der Waals surface area (Å²) in [5, 5.41) is 2.88. The van der Waals surface area contributed by atoms with Crippen LogP contribution in [-0.2, 0) is 11.3 Å². The highest BCUT2D eigenvalue weighted by Gasteiger charge is 2.19. The number of carbonyl (C=O) groups excluding carboxylic acids is 1. The number of hydrogen-bond acceptors (Lipinski definition) is 6. The maximum atomic E-state index is 10.6. The van der Waals surface area contributed by atoms with Crippen LogP contribution >= 0.6 is 0 Å². The number of methoxy groups -OCH3 is 3. The molecule has 150 valence electrons. The summed E-state index contributed by atoms with van der Waals surface area (Å²) in [6.45, 7) is 2.79. The second kappa shape index (κ2) is 9.41. The number of benzene rings is 1. The van der Waals surface area contributed by atoms with Crippen molar-refractivity contribution in [2.45, 2.75) is 25.4 Å². The molecule has 1 N–H and O–H groups in total. The molecule has 0 spiro atoms. The lowest BCUT2D eigenvalue weighted by Crippen LogP contribution is -2.41. The first-order valence-corrected chi connectivity index (χ1v) is 9.35. The van der Waals surface area contributed by atoms with E-state index in [2.05, 4.69) is 21.3 Å². The van der Waals surface area contributed by atoms with E-state index in [0.717, 1.165) is 50.1 Å². The van der Waals surface area contributed by atoms with Crippen molar-refractivity contribution in [3.05, 3.63) is 36.0 Å². The van der Waals surface area contributed by atoms with Gasteiger partial charge in [0.15, 0.2) is 11.5 Å². The van der Waals surface area contributed by atoms with Crippen LogP contribution in [0.15, 0.2) is 30.5 Å². The summed E-state index contributed by atoms with van der Waals surface area (Å²) in [6, 6.07) is 8.24. The van der Waals surface area contributed by atoms with Crippen LogP contribution in [0.2, 0.25) is 0 Å². The van der Waals surface area contributed by atoms with Gasteiger partial charge in [0.1, 0.15) is 0 Å². The van der Waals surface area contributed by atoms with E-state index in [1.54, 1.807) is 21.3 Å². The third-order valence-electron chi connectivity index (χ3n) is 5.08. The van der Waals surface area contributed by atoms with Crippen molar-refractivity contribution in [2.75, 3.05) is 34.4 Å². The fourth-order valence-corrected chi connectivity index (χ4v) is 3.57. The van der Waals surface area contributed by atoms with Crippen LogP contribution in [0.5, 0.6) is 17.2 Å². The van der Waals surface area contributed by atoms with Gasteiger partial charge in [-0.1, -0.05) is 0 Å². The molecular formula is C21H27N3O4. The first kappa shape index (κ1) is 19.9. The van der Waals surface area contributed by atoms with Gasteiger partial charge >= 0.3 is 0 Å². The second-order valence-corrected chi connectivity index (χ2v) is 6.80. The molecule has 2 aromatic rings. The Hall–Kier alpha value is -2.80. The molecule has 0 atom stereocenters. The average molecular weight is 385 g/mol. The predicted molar refractivity (Wildman–Crippen MR) is 107 cm³/mol. The summed E-state index contributed by atoms with van der Waals surface area (Å²) in [4.78, 5) is 17.5. The molecule has 1 aromatic carbocycles. The molecule has 3 rings (SSSR count). The lowest BCUT2D eigenvalue weighted by molar-refractivity contribution is -0.110. The van der Waals surface area contributed by atoms with E-state index in [9.17, 15) is 4.79 Å². The van der Waals surface area contributed by atoms with E-state index in [4.69, 9.17) is 14.2 Å². The van der Waals surface area contributed by atoms with Crippen LogP contribution in [-0.4, -0.2) is 56.8 Å². The monoisotopic (exact) mass is 385 g/mol. The number of hydrogen-bond donors (Lipinski definition) is 1. The van der Waals surface area contributed by atoms with Gasteiger partial charge < -0.3 is 19.5 Å². The minimum absolute atomic E-state index is 0.293. The average Bonchev–Trinajstić information content (AvgIpc) is 2.74. The van der Waals surface area contributed by atoms with Crippen molar-refractivity contribution in [3.63, 3.8) is 0 Å². The van der Waals surface area contributed by atoms with Gasteiger partial charge in [-0.05, 0) is 42.7 Å². The summed E-state index contributed by atoms with van der Waals surface area (Å²) in [5.41, 5.74) is 2.96. The molecule has 7 nitrogen and oxygen atoms in total. The number of pyridine rings is 1. The number of aromatic nitrogens is 1. The van der Waals surface area contributed by atoms with Crippen LogP contribution in [0.3, 0.4) is 0 Å². The maximum absolute atomic E-state index is 10.6. The highest BCUT2D eigenvalue weighted by molar-refractivity contribution is 5.69. The van der Waals surface area contributed by atoms with Gasteiger partial charge in [0, 0.05) is 37.4 Å². The fourth-order valence-electron chi connectivity index (χ4n) is 3.57. The Bertz CT molecular complexity index is 779. The Kier molecular flexibility index (Phi) is 6.71. The molecule has 0 bridgehead atoms. The third kappa shape index (κ3) is 4.54. The number of nitrogens with one attached hydrogen (secondary N) is 1. The third-order valence-corrected chi connectivity index (χ3v) is 5.08. The summed E-state index contributed by atoms with van der Waals surface area (Å²) >= 11 is 0. The number of rotatable bonds is 8. The lowest BCUT2D eigenvalue weighted by atomic mass is 10.0. The van der Waals surface area contributed by atoms with Crippen molar-refractivity contribution in [2.24, 2.45) is 0 Å². The quantitative estimate of drug-likeness (QED) is 0.704. The second-order valence-electron chi connectivity index (χ2n) is 6.80. The van der Waals surface area contributed by atoms with E-state index in [-0.39, 0.29) is 0 Å². The molecule has 28 heavy (non-hydrogen) atoms. The minimum Gasteiger partial charge on any atom is -0.493 e. The lowest BCUT2D eigenvalue weighted by Gasteiger charge is -2.31. The molecule has 1 saturated heterocycles. The zero-order valence-electron chi connectivity index (χ0n) is 16.6. The first-order valence-electron chi connectivity index (χ1n) is 9.35. The normalized spacial score (nSPS) is 15.1. The smallest absolute Gasteiger partial charge is 0.207 e. The van der Waals surface area contributed by atoms with Gasteiger partial charge in [-0.3, -0.25) is 14.7 Å². The largest absolute Gasteiger partial charge is 0.493 e. The zero-order valence-corrected chi connectivity index (χ0v) is 16.6. The van der Waals surface area contributed by atoms with Crippen molar-refractivity contribution in [1.29, 1.82) is 0 Å². The van der Waals surface area contributed by atoms with Gasteiger partial charge in [-0.15, -0.1) is 0 Å². The molecular weight excluding hydrogens is 358 g/mol. The Labute approximate surface area is 165 Å². The van der Waals surface area contributed by atoms with E-state index < -0.39 is 0 Å². The van der Waals surface area contributed by atoms with Gasteiger partial charge in [-0.2, -0.15) is 0 Å². The Morgan fingerprint density at radius 2 is 1.79 bits per heavy atom. The van der Waals surface area contributed by atoms with E-state index in [1.165, 1.54) is 5.56 Å². The number of likely N-dealkylation sites (tertiary alicyclic amines) is 1. The molecule has 0 saturated carbocycles. The van der Waals surface area contributed by atoms with Gasteiger partial charge in [-0.25, -0.2) is 0 Å².